The van der Waals surface area contributed by atoms with Gasteiger partial charge in [0.1, 0.15) is 24.0 Å². The molecule has 0 radical (unpaired) electrons. The molecule has 3 aromatic heterocycles. The van der Waals surface area contributed by atoms with Crippen molar-refractivity contribution in [1.82, 2.24) is 14.1 Å². The summed E-state index contributed by atoms with van der Waals surface area (Å²) in [5, 5.41) is 8.17. The molecule has 0 unspecified atom stereocenters. The van der Waals surface area contributed by atoms with Crippen LogP contribution in [-0.4, -0.2) is 14.1 Å². The average Bonchev–Trinajstić information content (AvgIpc) is 0.965. The van der Waals surface area contributed by atoms with Crippen LogP contribution >= 0.6 is 0 Å². The molecule has 1 aliphatic rings. The van der Waals surface area contributed by atoms with Crippen molar-refractivity contribution in [1.29, 1.82) is 0 Å². The Hall–Kier alpha value is -7.89. The predicted octanol–water partition coefficient (Wildman–Crippen LogP) is 19.5. The summed E-state index contributed by atoms with van der Waals surface area (Å²) in [4.78, 5) is 7.19. The highest BCUT2D eigenvalue weighted by molar-refractivity contribution is 6.23. The molecule has 0 atom stereocenters. The Bertz CT molecular complexity index is 4510. The Balaban J connectivity index is 1.13. The predicted molar refractivity (Wildman–Crippen MR) is 320 cm³/mol. The number of benzene rings is 8. The fourth-order valence-electron chi connectivity index (χ4n) is 11.4. The monoisotopic (exact) mass is 990 g/mol. The summed E-state index contributed by atoms with van der Waals surface area (Å²) in [6.07, 6.45) is 1.88. The van der Waals surface area contributed by atoms with Gasteiger partial charge in [0, 0.05) is 63.5 Å². The molecule has 0 aliphatic carbocycles. The molecule has 0 spiro atoms. The second-order valence-corrected chi connectivity index (χ2v) is 23.5. The molecule has 11 aromatic rings. The molecule has 0 amide bonds. The van der Waals surface area contributed by atoms with E-state index in [4.69, 9.17) is 22.1 Å². The third-order valence-electron chi connectivity index (χ3n) is 15.2. The first-order valence-electron chi connectivity index (χ1n) is 30.5. The fraction of sp³-hybridized carbons (Fsp3) is 0.243. The Labute approximate surface area is 455 Å². The van der Waals surface area contributed by atoms with Gasteiger partial charge in [0.05, 0.1) is 27.8 Å². The Morgan fingerprint density at radius 3 is 1.79 bits per heavy atom. The fourth-order valence-corrected chi connectivity index (χ4v) is 11.4. The average molecular weight is 990 g/mol. The molecular weight excluding hydrogens is 913 g/mol. The van der Waals surface area contributed by atoms with Gasteiger partial charge < -0.3 is 14.2 Å². The summed E-state index contributed by atoms with van der Waals surface area (Å²) in [6.45, 7) is 8.96. The number of aromatic nitrogens is 3. The van der Waals surface area contributed by atoms with Gasteiger partial charge in [-0.05, 0) is 120 Å². The van der Waals surface area contributed by atoms with Gasteiger partial charge in [-0.2, -0.15) is 0 Å². The first kappa shape index (κ1) is 38.7. The van der Waals surface area contributed by atoms with Gasteiger partial charge >= 0.3 is 0 Å². The lowest BCUT2D eigenvalue weighted by Gasteiger charge is -2.28. The van der Waals surface area contributed by atoms with Crippen molar-refractivity contribution >= 4 is 76.5 Å². The van der Waals surface area contributed by atoms with Gasteiger partial charge in [-0.3, -0.25) is 4.57 Å². The molecule has 0 N–H and O–H groups in total. The standard InChI is InChI=1S/C70H68N4O/c1-67(2,3)45-35-36-71-63(40-45)74-60-29-18-17-26-55(60)56-32-31-50(42-62(56)74)75-49-22-19-21-48(41-49)72-43-73-65-58(28-20-30-61(65)72)54-25-14-13-23-52(54)53-24-15-16-27-57(53)64-59(70(10,11)12)34-33-51(66(64)73)44-37-46(68(4,5)6)39-47(38-44)69(7,8)9/h13-42H,43H2,1-12H3/i4D3,5D3,6D3. The van der Waals surface area contributed by atoms with E-state index in [9.17, 15) is 0 Å². The lowest BCUT2D eigenvalue weighted by molar-refractivity contribution is 0.483. The molecule has 0 bridgehead atoms. The van der Waals surface area contributed by atoms with Crippen LogP contribution in [0.1, 0.15) is 117 Å². The number of para-hydroxylation sites is 2. The summed E-state index contributed by atoms with van der Waals surface area (Å²) in [6, 6.07) is 59.5. The van der Waals surface area contributed by atoms with Gasteiger partial charge in [-0.25, -0.2) is 4.98 Å². The molecule has 1 aliphatic heterocycles. The SMILES string of the molecule is [2H]C([2H])([2H])C(c1cc(-c2ccc(C(C)(C)C)c3c4ccccc4c4ccccc4c4cccc5c4n(c23)CN5c2cccc(Oc3ccc4c5ccccc5n(-c5cc(C(C)(C)C)ccn5)c4c3)c2)cc(C(C)(C)C)c1)(C([2H])([2H])[2H])C([2H])([2H])[2H]. The number of anilines is 2. The van der Waals surface area contributed by atoms with Gasteiger partial charge in [0.2, 0.25) is 0 Å². The van der Waals surface area contributed by atoms with E-state index in [1.807, 2.05) is 57.3 Å². The third-order valence-corrected chi connectivity index (χ3v) is 15.2. The van der Waals surface area contributed by atoms with Gasteiger partial charge in [-0.1, -0.05) is 198 Å². The highest BCUT2D eigenvalue weighted by Gasteiger charge is 2.30. The number of ether oxygens (including phenoxy) is 1. The molecule has 4 heterocycles. The molecular formula is C70H68N4O. The van der Waals surface area contributed by atoms with Gasteiger partial charge in [0.15, 0.2) is 0 Å². The largest absolute Gasteiger partial charge is 0.457 e. The van der Waals surface area contributed by atoms with Gasteiger partial charge in [0.25, 0.3) is 0 Å². The third kappa shape index (κ3) is 8.28. The van der Waals surface area contributed by atoms with E-state index in [1.54, 1.807) is 0 Å². The van der Waals surface area contributed by atoms with Crippen molar-refractivity contribution in [3.63, 3.8) is 0 Å². The Morgan fingerprint density at radius 2 is 1.08 bits per heavy atom. The molecule has 5 heteroatoms. The lowest BCUT2D eigenvalue weighted by atomic mass is 9.78. The second-order valence-electron chi connectivity index (χ2n) is 23.5. The molecule has 0 fully saturated rings. The Morgan fingerprint density at radius 1 is 0.467 bits per heavy atom. The molecule has 5 nitrogen and oxygen atoms in total. The smallest absolute Gasteiger partial charge is 0.137 e. The van der Waals surface area contributed by atoms with Crippen molar-refractivity contribution in [3.8, 4) is 28.4 Å². The van der Waals surface area contributed by atoms with Crippen LogP contribution in [0.5, 0.6) is 11.5 Å². The summed E-state index contributed by atoms with van der Waals surface area (Å²) >= 11 is 0. The first-order valence-corrected chi connectivity index (χ1v) is 26.0. The summed E-state index contributed by atoms with van der Waals surface area (Å²) in [5.74, 6) is 2.11. The summed E-state index contributed by atoms with van der Waals surface area (Å²) < 4.78 is 91.5. The number of hydrogen-bond acceptors (Lipinski definition) is 3. The molecule has 12 rings (SSSR count). The van der Waals surface area contributed by atoms with E-state index in [2.05, 4.69) is 189 Å². The number of fused-ring (bicyclic) bond motifs is 10. The number of nitrogens with zero attached hydrogens (tertiary/aromatic N) is 4. The summed E-state index contributed by atoms with van der Waals surface area (Å²) in [7, 11) is 0. The molecule has 374 valence electrons. The highest BCUT2D eigenvalue weighted by Crippen LogP contribution is 2.48. The topological polar surface area (TPSA) is 35.2 Å². The zero-order chi connectivity index (χ0) is 59.8. The molecule has 0 saturated carbocycles. The molecule has 0 saturated heterocycles. The quantitative estimate of drug-likeness (QED) is 0.172. The molecule has 8 aromatic carbocycles. The van der Waals surface area contributed by atoms with Crippen molar-refractivity contribution in [2.45, 2.75) is 111 Å². The zero-order valence-corrected chi connectivity index (χ0v) is 44.2. The van der Waals surface area contributed by atoms with Crippen LogP contribution in [0.4, 0.5) is 11.4 Å². The summed E-state index contributed by atoms with van der Waals surface area (Å²) in [5.41, 5.74) is 4.78. The highest BCUT2D eigenvalue weighted by atomic mass is 16.5. The van der Waals surface area contributed by atoms with E-state index < -0.39 is 36.8 Å². The van der Waals surface area contributed by atoms with Crippen LogP contribution in [0, 0.1) is 0 Å². The zero-order valence-electron chi connectivity index (χ0n) is 53.2. The Kier molecular flexibility index (Phi) is 8.94. The minimum atomic E-state index is -3.48. The van der Waals surface area contributed by atoms with Crippen LogP contribution in [-0.2, 0) is 28.3 Å². The van der Waals surface area contributed by atoms with E-state index in [1.165, 1.54) is 17.7 Å². The molecule has 75 heavy (non-hydrogen) atoms. The number of rotatable bonds is 5. The van der Waals surface area contributed by atoms with Crippen LogP contribution in [0.15, 0.2) is 182 Å². The maximum Gasteiger partial charge on any atom is 0.137 e. The minimum Gasteiger partial charge on any atom is -0.457 e. The normalized spacial score (nSPS) is 15.5. The van der Waals surface area contributed by atoms with E-state index in [0.717, 1.165) is 87.9 Å². The van der Waals surface area contributed by atoms with Crippen LogP contribution in [0.25, 0.3) is 82.1 Å². The number of pyridine rings is 1. The van der Waals surface area contributed by atoms with Crippen molar-refractivity contribution < 1.29 is 17.1 Å². The van der Waals surface area contributed by atoms with E-state index in [0.29, 0.717) is 34.9 Å². The maximum absolute atomic E-state index is 8.89. The van der Waals surface area contributed by atoms with E-state index in [-0.39, 0.29) is 11.0 Å². The van der Waals surface area contributed by atoms with Gasteiger partial charge in [-0.15, -0.1) is 0 Å². The maximum atomic E-state index is 8.89. The van der Waals surface area contributed by atoms with E-state index >= 15 is 0 Å². The lowest BCUT2D eigenvalue weighted by Crippen LogP contribution is -2.17. The van der Waals surface area contributed by atoms with Crippen molar-refractivity contribution in [3.05, 3.63) is 204 Å². The first-order chi connectivity index (χ1) is 39.5. The van der Waals surface area contributed by atoms with Crippen LogP contribution in [0.3, 0.4) is 0 Å². The van der Waals surface area contributed by atoms with Crippen molar-refractivity contribution in [2.75, 3.05) is 4.90 Å². The van der Waals surface area contributed by atoms with Crippen molar-refractivity contribution in [2.24, 2.45) is 0 Å². The van der Waals surface area contributed by atoms with Crippen LogP contribution < -0.4 is 9.64 Å². The second kappa shape index (κ2) is 17.3. The van der Waals surface area contributed by atoms with Crippen LogP contribution in [0.2, 0.25) is 0 Å². The minimum absolute atomic E-state index is 0.0821. The number of hydrogen-bond donors (Lipinski definition) is 0.